The molecule has 0 atom stereocenters. The number of imidazole rings is 1. The molecule has 1 aliphatic rings. The third-order valence-corrected chi connectivity index (χ3v) is 5.06. The second-order valence-electron chi connectivity index (χ2n) is 7.06. The number of ether oxygens (including phenoxy) is 1. The Labute approximate surface area is 156 Å². The molecule has 2 aromatic heterocycles. The van der Waals surface area contributed by atoms with Crippen LogP contribution < -0.4 is 10.3 Å². The van der Waals surface area contributed by atoms with Gasteiger partial charge in [0.1, 0.15) is 17.4 Å². The molecule has 0 aliphatic heterocycles. The smallest absolute Gasteiger partial charge is 0.306 e. The maximum Gasteiger partial charge on any atom is 0.306 e. The minimum atomic E-state index is -0.346. The fraction of sp³-hybridized carbons (Fsp3) is 0.450. The Bertz CT molecular complexity index is 988. The average Bonchev–Trinajstić information content (AvgIpc) is 3.12. The highest BCUT2D eigenvalue weighted by Gasteiger charge is 2.22. The normalized spacial score (nSPS) is 15.3. The zero-order valence-corrected chi connectivity index (χ0v) is 15.4. The summed E-state index contributed by atoms with van der Waals surface area (Å²) in [5.74, 6) is 1.28. The summed E-state index contributed by atoms with van der Waals surface area (Å²) in [6.45, 7) is 2.47. The van der Waals surface area contributed by atoms with Gasteiger partial charge in [0.25, 0.3) is 5.56 Å². The molecule has 0 spiro atoms. The van der Waals surface area contributed by atoms with Crippen LogP contribution >= 0.6 is 0 Å². The number of halogens is 1. The molecule has 142 valence electrons. The monoisotopic (exact) mass is 370 g/mol. The van der Waals surface area contributed by atoms with Crippen LogP contribution in [-0.2, 0) is 6.54 Å². The van der Waals surface area contributed by atoms with Crippen molar-refractivity contribution in [3.05, 3.63) is 46.3 Å². The van der Waals surface area contributed by atoms with Crippen molar-refractivity contribution in [1.29, 1.82) is 0 Å². The first-order valence-corrected chi connectivity index (χ1v) is 9.59. The summed E-state index contributed by atoms with van der Waals surface area (Å²) in [4.78, 5) is 25.3. The van der Waals surface area contributed by atoms with Crippen molar-refractivity contribution < 1.29 is 9.13 Å². The van der Waals surface area contributed by atoms with E-state index in [4.69, 9.17) is 4.74 Å². The number of fused-ring (bicyclic) bond motifs is 1. The van der Waals surface area contributed by atoms with E-state index in [-0.39, 0.29) is 17.4 Å². The lowest BCUT2D eigenvalue weighted by Crippen LogP contribution is -2.23. The average molecular weight is 370 g/mol. The van der Waals surface area contributed by atoms with Crippen LogP contribution in [0.15, 0.2) is 29.1 Å². The predicted octanol–water partition coefficient (Wildman–Crippen LogP) is 4.51. The molecule has 1 N–H and O–H groups in total. The summed E-state index contributed by atoms with van der Waals surface area (Å²) in [5, 5.41) is 0. The lowest BCUT2D eigenvalue weighted by atomic mass is 9.89. The quantitative estimate of drug-likeness (QED) is 0.717. The Morgan fingerprint density at radius 3 is 2.63 bits per heavy atom. The molecular formula is C20H23FN4O2. The van der Waals surface area contributed by atoms with Gasteiger partial charge in [-0.3, -0.25) is 9.36 Å². The van der Waals surface area contributed by atoms with Gasteiger partial charge in [0.2, 0.25) is 0 Å². The van der Waals surface area contributed by atoms with Crippen LogP contribution in [0.5, 0.6) is 11.8 Å². The molecule has 0 unspecified atom stereocenters. The SMILES string of the molecule is CCCn1c(Oc2ccc(F)cc2)nc2nc(C3CCCCC3)[nH]c2c1=O. The van der Waals surface area contributed by atoms with E-state index in [0.717, 1.165) is 25.1 Å². The standard InChI is InChI=1S/C20H23FN4O2/c1-2-12-25-19(26)16-18(23-17(22-16)13-6-4-3-5-7-13)24-20(25)27-15-10-8-14(21)9-11-15/h8-11,13H,2-7,12H2,1H3,(H,22,23). The third-order valence-electron chi connectivity index (χ3n) is 5.06. The van der Waals surface area contributed by atoms with Gasteiger partial charge in [-0.2, -0.15) is 4.98 Å². The van der Waals surface area contributed by atoms with E-state index in [2.05, 4.69) is 15.0 Å². The third kappa shape index (κ3) is 3.59. The van der Waals surface area contributed by atoms with E-state index >= 15 is 0 Å². The molecule has 1 fully saturated rings. The van der Waals surface area contributed by atoms with Gasteiger partial charge in [0, 0.05) is 12.5 Å². The lowest BCUT2D eigenvalue weighted by molar-refractivity contribution is 0.397. The van der Waals surface area contributed by atoms with Crippen LogP contribution in [0.2, 0.25) is 0 Å². The van der Waals surface area contributed by atoms with E-state index in [9.17, 15) is 9.18 Å². The molecular weight excluding hydrogens is 347 g/mol. The maximum absolute atomic E-state index is 13.1. The molecule has 0 amide bonds. The summed E-state index contributed by atoms with van der Waals surface area (Å²) in [7, 11) is 0. The van der Waals surface area contributed by atoms with Gasteiger partial charge >= 0.3 is 6.01 Å². The van der Waals surface area contributed by atoms with Crippen LogP contribution in [0.3, 0.4) is 0 Å². The highest BCUT2D eigenvalue weighted by atomic mass is 19.1. The Kier molecular flexibility index (Phi) is 4.92. The van der Waals surface area contributed by atoms with Crippen molar-refractivity contribution in [2.75, 3.05) is 0 Å². The molecule has 7 heteroatoms. The van der Waals surface area contributed by atoms with E-state index in [1.165, 1.54) is 48.1 Å². The van der Waals surface area contributed by atoms with Crippen LogP contribution in [0.4, 0.5) is 4.39 Å². The largest absolute Gasteiger partial charge is 0.425 e. The van der Waals surface area contributed by atoms with E-state index in [1.54, 1.807) is 0 Å². The second kappa shape index (κ2) is 7.50. The maximum atomic E-state index is 13.1. The number of aromatic amines is 1. The zero-order valence-electron chi connectivity index (χ0n) is 15.4. The van der Waals surface area contributed by atoms with Crippen molar-refractivity contribution in [3.63, 3.8) is 0 Å². The Balaban J connectivity index is 1.76. The van der Waals surface area contributed by atoms with Gasteiger partial charge in [-0.15, -0.1) is 0 Å². The Morgan fingerprint density at radius 2 is 1.93 bits per heavy atom. The number of H-pyrrole nitrogens is 1. The Hall–Kier alpha value is -2.70. The van der Waals surface area contributed by atoms with Gasteiger partial charge in [-0.05, 0) is 43.5 Å². The first-order valence-electron chi connectivity index (χ1n) is 9.59. The Morgan fingerprint density at radius 1 is 1.19 bits per heavy atom. The number of nitrogens with zero attached hydrogens (tertiary/aromatic N) is 3. The molecule has 2 heterocycles. The summed E-state index contributed by atoms with van der Waals surface area (Å²) in [6.07, 6.45) is 6.57. The number of hydrogen-bond donors (Lipinski definition) is 1. The molecule has 1 aliphatic carbocycles. The summed E-state index contributed by atoms with van der Waals surface area (Å²) < 4.78 is 20.4. The molecule has 1 aromatic carbocycles. The topological polar surface area (TPSA) is 72.8 Å². The van der Waals surface area contributed by atoms with Crippen molar-refractivity contribution in [2.45, 2.75) is 57.9 Å². The molecule has 27 heavy (non-hydrogen) atoms. The number of rotatable bonds is 5. The zero-order chi connectivity index (χ0) is 18.8. The fourth-order valence-corrected chi connectivity index (χ4v) is 3.66. The van der Waals surface area contributed by atoms with Crippen molar-refractivity contribution in [1.82, 2.24) is 19.5 Å². The van der Waals surface area contributed by atoms with Crippen molar-refractivity contribution in [3.8, 4) is 11.8 Å². The lowest BCUT2D eigenvalue weighted by Gasteiger charge is -2.18. The van der Waals surface area contributed by atoms with Crippen LogP contribution in [0.25, 0.3) is 11.2 Å². The fourth-order valence-electron chi connectivity index (χ4n) is 3.66. The molecule has 1 saturated carbocycles. The predicted molar refractivity (Wildman–Crippen MR) is 101 cm³/mol. The van der Waals surface area contributed by atoms with E-state index in [1.807, 2.05) is 6.92 Å². The molecule has 0 saturated heterocycles. The molecule has 0 bridgehead atoms. The molecule has 4 rings (SSSR count). The summed E-state index contributed by atoms with van der Waals surface area (Å²) >= 11 is 0. The van der Waals surface area contributed by atoms with Gasteiger partial charge in [0.05, 0.1) is 0 Å². The first kappa shape index (κ1) is 17.7. The highest BCUT2D eigenvalue weighted by molar-refractivity contribution is 5.70. The molecule has 0 radical (unpaired) electrons. The van der Waals surface area contributed by atoms with E-state index < -0.39 is 0 Å². The number of aromatic nitrogens is 4. The summed E-state index contributed by atoms with van der Waals surface area (Å²) in [5.41, 5.74) is 0.619. The minimum Gasteiger partial charge on any atom is -0.425 e. The van der Waals surface area contributed by atoms with Gasteiger partial charge in [0.15, 0.2) is 11.2 Å². The number of benzene rings is 1. The number of nitrogens with one attached hydrogen (secondary N) is 1. The minimum absolute atomic E-state index is 0.183. The first-order chi connectivity index (χ1) is 13.2. The molecule has 6 nitrogen and oxygen atoms in total. The summed E-state index contributed by atoms with van der Waals surface area (Å²) in [6, 6.07) is 5.83. The van der Waals surface area contributed by atoms with Crippen LogP contribution in [-0.4, -0.2) is 19.5 Å². The number of hydrogen-bond acceptors (Lipinski definition) is 4. The van der Waals surface area contributed by atoms with Gasteiger partial charge in [-0.1, -0.05) is 26.2 Å². The van der Waals surface area contributed by atoms with Gasteiger partial charge in [-0.25, -0.2) is 9.37 Å². The van der Waals surface area contributed by atoms with Crippen LogP contribution in [0, 0.1) is 5.82 Å². The highest BCUT2D eigenvalue weighted by Crippen LogP contribution is 2.31. The molecule has 3 aromatic rings. The second-order valence-corrected chi connectivity index (χ2v) is 7.06. The van der Waals surface area contributed by atoms with Gasteiger partial charge < -0.3 is 9.72 Å². The van der Waals surface area contributed by atoms with Crippen LogP contribution in [0.1, 0.15) is 57.2 Å². The van der Waals surface area contributed by atoms with E-state index in [0.29, 0.717) is 29.4 Å². The van der Waals surface area contributed by atoms with Crippen molar-refractivity contribution >= 4 is 11.2 Å². The van der Waals surface area contributed by atoms with Crippen molar-refractivity contribution in [2.24, 2.45) is 0 Å².